The van der Waals surface area contributed by atoms with Crippen molar-refractivity contribution in [2.75, 3.05) is 0 Å². The molecule has 0 aliphatic rings. The van der Waals surface area contributed by atoms with E-state index in [9.17, 15) is 0 Å². The van der Waals surface area contributed by atoms with Gasteiger partial charge in [-0.15, -0.1) is 6.58 Å². The molecule has 0 atom stereocenters. The van der Waals surface area contributed by atoms with Crippen molar-refractivity contribution < 1.29 is 4.74 Å². The van der Waals surface area contributed by atoms with Crippen LogP contribution in [-0.4, -0.2) is 6.10 Å². The zero-order valence-electron chi connectivity index (χ0n) is 9.95. The number of benzene rings is 1. The fourth-order valence-electron chi connectivity index (χ4n) is 1.37. The number of rotatable bonds is 4. The third kappa shape index (κ3) is 2.87. The summed E-state index contributed by atoms with van der Waals surface area (Å²) in [5, 5.41) is 8.86. The summed E-state index contributed by atoms with van der Waals surface area (Å²) in [5.74, 6) is 1.80. The molecule has 16 heavy (non-hydrogen) atoms. The average molecular weight is 214 g/mol. The van der Waals surface area contributed by atoms with Crippen LogP contribution in [0.2, 0.25) is 0 Å². The van der Waals surface area contributed by atoms with Gasteiger partial charge < -0.3 is 4.74 Å². The van der Waals surface area contributed by atoms with Crippen molar-refractivity contribution in [2.45, 2.75) is 26.9 Å². The number of allylic oxidation sites excluding steroid dienone is 1. The summed E-state index contributed by atoms with van der Waals surface area (Å²) in [4.78, 5) is 0. The van der Waals surface area contributed by atoms with Crippen LogP contribution in [-0.2, 0) is 0 Å². The van der Waals surface area contributed by atoms with Crippen molar-refractivity contribution in [3.05, 3.63) is 47.9 Å². The van der Waals surface area contributed by atoms with E-state index >= 15 is 0 Å². The van der Waals surface area contributed by atoms with Gasteiger partial charge in [-0.3, -0.25) is 0 Å². The van der Waals surface area contributed by atoms with E-state index in [1.165, 1.54) is 0 Å². The Morgan fingerprint density at radius 1 is 1.50 bits per heavy atom. The predicted molar refractivity (Wildman–Crippen MR) is 65.1 cm³/mol. The first-order valence-electron chi connectivity index (χ1n) is 5.25. The topological polar surface area (TPSA) is 33.0 Å². The highest BCUT2D eigenvalue weighted by atomic mass is 16.5. The van der Waals surface area contributed by atoms with Crippen molar-refractivity contribution in [3.63, 3.8) is 0 Å². The first-order chi connectivity index (χ1) is 7.58. The second-order valence-corrected chi connectivity index (χ2v) is 3.88. The maximum atomic E-state index is 8.86. The summed E-state index contributed by atoms with van der Waals surface area (Å²) in [5.41, 5.74) is 1.56. The molecule has 0 aliphatic heterocycles. The van der Waals surface area contributed by atoms with Crippen LogP contribution in [0.5, 0.6) is 5.75 Å². The quantitative estimate of drug-likeness (QED) is 0.768. The third-order valence-corrected chi connectivity index (χ3v) is 2.20. The van der Waals surface area contributed by atoms with Gasteiger partial charge in [0.1, 0.15) is 5.75 Å². The van der Waals surface area contributed by atoms with E-state index in [4.69, 9.17) is 10.00 Å². The van der Waals surface area contributed by atoms with Gasteiger partial charge in [-0.2, -0.15) is 5.26 Å². The van der Waals surface area contributed by atoms with Gasteiger partial charge in [0.2, 0.25) is 0 Å². The first-order valence-corrected chi connectivity index (χ1v) is 5.25. The number of nitrogens with zero attached hydrogens (tertiary/aromatic N) is 1. The monoisotopic (exact) mass is 214 g/mol. The fraction of sp³-hybridized carbons (Fsp3) is 0.286. The van der Waals surface area contributed by atoms with Gasteiger partial charge in [0.05, 0.1) is 17.7 Å². The molecule has 0 N–H and O–H groups in total. The molecule has 2 heteroatoms. The van der Waals surface area contributed by atoms with Crippen LogP contribution in [0.4, 0.5) is 0 Å². The summed E-state index contributed by atoms with van der Waals surface area (Å²) < 4.78 is 5.69. The van der Waals surface area contributed by atoms with E-state index in [2.05, 4.69) is 12.6 Å². The number of nitriles is 1. The molecule has 1 rings (SSSR count). The molecule has 0 heterocycles. The Bertz CT molecular complexity index is 415. The van der Waals surface area contributed by atoms with Crippen LogP contribution in [0.1, 0.15) is 31.9 Å². The highest BCUT2D eigenvalue weighted by Crippen LogP contribution is 2.28. The smallest absolute Gasteiger partial charge is 0.123 e. The second-order valence-electron chi connectivity index (χ2n) is 3.88. The van der Waals surface area contributed by atoms with Crippen LogP contribution in [0.15, 0.2) is 30.9 Å². The van der Waals surface area contributed by atoms with E-state index in [0.29, 0.717) is 5.56 Å². The zero-order chi connectivity index (χ0) is 12.1. The third-order valence-electron chi connectivity index (χ3n) is 2.20. The maximum absolute atomic E-state index is 8.86. The minimum absolute atomic E-state index is 0.115. The van der Waals surface area contributed by atoms with E-state index in [1.54, 1.807) is 12.1 Å². The first kappa shape index (κ1) is 12.3. The fourth-order valence-corrected chi connectivity index (χ4v) is 1.37. The van der Waals surface area contributed by atoms with Crippen molar-refractivity contribution in [2.24, 2.45) is 0 Å². The summed E-state index contributed by atoms with van der Waals surface area (Å²) in [6, 6.07) is 7.55. The molecule has 0 fully saturated rings. The second kappa shape index (κ2) is 5.37. The number of hydrogen-bond donors (Lipinski definition) is 0. The minimum Gasteiger partial charge on any atom is -0.491 e. The van der Waals surface area contributed by atoms with Crippen LogP contribution in [0.3, 0.4) is 0 Å². The standard InChI is InChI=1S/C14H16NO/c1-5-11(4)13-8-12(9-15)6-7-14(13)16-10(2)3/h5-8,10H,1H2,2-4H3. The van der Waals surface area contributed by atoms with Crippen molar-refractivity contribution in [3.8, 4) is 11.8 Å². The molecule has 0 amide bonds. The van der Waals surface area contributed by atoms with Gasteiger partial charge in [-0.25, -0.2) is 0 Å². The van der Waals surface area contributed by atoms with Crippen LogP contribution in [0.25, 0.3) is 0 Å². The van der Waals surface area contributed by atoms with Crippen LogP contribution >= 0.6 is 0 Å². The highest BCUT2D eigenvalue weighted by Gasteiger charge is 2.11. The lowest BCUT2D eigenvalue weighted by atomic mass is 9.98. The summed E-state index contributed by atoms with van der Waals surface area (Å²) in [6.07, 6.45) is 1.88. The van der Waals surface area contributed by atoms with Crippen molar-refractivity contribution >= 4 is 0 Å². The summed E-state index contributed by atoms with van der Waals surface area (Å²) in [6.45, 7) is 9.65. The Morgan fingerprint density at radius 3 is 2.69 bits per heavy atom. The minimum atomic E-state index is 0.115. The van der Waals surface area contributed by atoms with E-state index < -0.39 is 0 Å². The molecule has 1 radical (unpaired) electrons. The van der Waals surface area contributed by atoms with Gasteiger partial charge in [0.15, 0.2) is 0 Å². The van der Waals surface area contributed by atoms with Gasteiger partial charge in [0.25, 0.3) is 0 Å². The Morgan fingerprint density at radius 2 is 2.19 bits per heavy atom. The Hall–Kier alpha value is -1.75. The molecule has 0 spiro atoms. The van der Waals surface area contributed by atoms with Gasteiger partial charge in [-0.05, 0) is 32.0 Å². The number of hydrogen-bond acceptors (Lipinski definition) is 2. The molecular formula is C14H16NO. The Labute approximate surface area is 97.2 Å². The van der Waals surface area contributed by atoms with Gasteiger partial charge in [-0.1, -0.05) is 13.0 Å². The normalized spacial score (nSPS) is 10.2. The summed E-state index contributed by atoms with van der Waals surface area (Å²) in [7, 11) is 0. The Balaban J connectivity index is 3.16. The lowest BCUT2D eigenvalue weighted by Gasteiger charge is -2.16. The molecule has 0 bridgehead atoms. The molecule has 0 saturated carbocycles. The average Bonchev–Trinajstić information content (AvgIpc) is 2.28. The SMILES string of the molecule is C=C[C](C)c1cc(C#N)ccc1OC(C)C. The van der Waals surface area contributed by atoms with Gasteiger partial charge in [0, 0.05) is 11.5 Å². The number of ether oxygens (including phenoxy) is 1. The zero-order valence-corrected chi connectivity index (χ0v) is 9.95. The van der Waals surface area contributed by atoms with Crippen LogP contribution in [0, 0.1) is 17.2 Å². The molecule has 2 nitrogen and oxygen atoms in total. The molecule has 0 aromatic heterocycles. The maximum Gasteiger partial charge on any atom is 0.123 e. The van der Waals surface area contributed by atoms with E-state index in [-0.39, 0.29) is 6.10 Å². The Kier molecular flexibility index (Phi) is 4.13. The lowest BCUT2D eigenvalue weighted by molar-refractivity contribution is 0.241. The summed E-state index contributed by atoms with van der Waals surface area (Å²) >= 11 is 0. The highest BCUT2D eigenvalue weighted by molar-refractivity contribution is 5.50. The molecule has 1 aromatic rings. The molecular weight excluding hydrogens is 198 g/mol. The molecule has 83 valence electrons. The molecule has 0 aliphatic carbocycles. The van der Waals surface area contributed by atoms with Crippen molar-refractivity contribution in [1.82, 2.24) is 0 Å². The predicted octanol–water partition coefficient (Wildman–Crippen LogP) is 3.47. The van der Waals surface area contributed by atoms with E-state index in [0.717, 1.165) is 17.2 Å². The largest absolute Gasteiger partial charge is 0.491 e. The van der Waals surface area contributed by atoms with Gasteiger partial charge >= 0.3 is 0 Å². The van der Waals surface area contributed by atoms with E-state index in [1.807, 2.05) is 32.9 Å². The van der Waals surface area contributed by atoms with Crippen LogP contribution < -0.4 is 4.74 Å². The lowest BCUT2D eigenvalue weighted by Crippen LogP contribution is -2.08. The van der Waals surface area contributed by atoms with Crippen molar-refractivity contribution in [1.29, 1.82) is 5.26 Å². The molecule has 0 saturated heterocycles. The molecule has 0 unspecified atom stereocenters. The molecule has 1 aromatic carbocycles.